The van der Waals surface area contributed by atoms with E-state index < -0.39 is 0 Å². The smallest absolute Gasteiger partial charge is 0.161 e. The number of methoxy groups -OCH3 is 2. The molecule has 0 saturated carbocycles. The fourth-order valence-corrected chi connectivity index (χ4v) is 4.15. The van der Waals surface area contributed by atoms with Gasteiger partial charge in [-0.05, 0) is 64.6 Å². The van der Waals surface area contributed by atoms with Crippen molar-refractivity contribution in [1.29, 1.82) is 0 Å². The molecule has 2 aromatic carbocycles. The largest absolute Gasteiger partial charge is 0.504 e. The zero-order valence-electron chi connectivity index (χ0n) is 23.0. The topological polar surface area (TPSA) is 58.9 Å². The highest BCUT2D eigenvalue weighted by molar-refractivity contribution is 5.59. The van der Waals surface area contributed by atoms with E-state index in [0.29, 0.717) is 17.4 Å². The van der Waals surface area contributed by atoms with E-state index in [1.165, 1.54) is 24.8 Å². The molecule has 0 aliphatic heterocycles. The van der Waals surface area contributed by atoms with Crippen LogP contribution in [0.5, 0.6) is 23.0 Å². The third kappa shape index (κ3) is 8.51. The van der Waals surface area contributed by atoms with Crippen molar-refractivity contribution in [3.8, 4) is 23.0 Å². The average molecular weight is 493 g/mol. The molecule has 1 atom stereocenters. The van der Waals surface area contributed by atoms with Gasteiger partial charge in [0, 0.05) is 0 Å². The fourth-order valence-electron chi connectivity index (χ4n) is 4.15. The number of benzene rings is 2. The number of aromatic hydroxyl groups is 2. The number of hydrogen-bond acceptors (Lipinski definition) is 4. The normalized spacial score (nSPS) is 13.6. The Morgan fingerprint density at radius 1 is 0.889 bits per heavy atom. The maximum atomic E-state index is 9.95. The van der Waals surface area contributed by atoms with Gasteiger partial charge in [-0.15, -0.1) is 0 Å². The van der Waals surface area contributed by atoms with Crippen LogP contribution in [0, 0.1) is 17.3 Å². The Morgan fingerprint density at radius 3 is 1.94 bits per heavy atom. The summed E-state index contributed by atoms with van der Waals surface area (Å²) in [5, 5.41) is 19.9. The number of hydrogen-bond donors (Lipinski definition) is 2. The molecule has 0 aliphatic rings. The van der Waals surface area contributed by atoms with Crippen LogP contribution in [0.3, 0.4) is 0 Å². The molecular formula is C32H44O4. The molecular weight excluding hydrogens is 448 g/mol. The van der Waals surface area contributed by atoms with Gasteiger partial charge in [0.25, 0.3) is 0 Å². The minimum Gasteiger partial charge on any atom is -0.504 e. The Kier molecular flexibility index (Phi) is 11.2. The second kappa shape index (κ2) is 13.8. The Hall–Kier alpha value is -3.14. The minimum absolute atomic E-state index is 0.00934. The van der Waals surface area contributed by atoms with Crippen molar-refractivity contribution >= 4 is 12.2 Å². The van der Waals surface area contributed by atoms with Crippen LogP contribution < -0.4 is 9.47 Å². The predicted octanol–water partition coefficient (Wildman–Crippen LogP) is 8.65. The molecule has 0 bridgehead atoms. The molecule has 4 heteroatoms. The summed E-state index contributed by atoms with van der Waals surface area (Å²) in [5.41, 5.74) is 3.26. The molecule has 0 fully saturated rings. The van der Waals surface area contributed by atoms with Gasteiger partial charge in [-0.1, -0.05) is 96.4 Å². The first-order valence-corrected chi connectivity index (χ1v) is 12.9. The lowest BCUT2D eigenvalue weighted by Crippen LogP contribution is -2.16. The summed E-state index contributed by atoms with van der Waals surface area (Å²) < 4.78 is 10.6. The first-order chi connectivity index (χ1) is 17.1. The van der Waals surface area contributed by atoms with Crippen LogP contribution in [-0.4, -0.2) is 24.4 Å². The molecule has 36 heavy (non-hydrogen) atoms. The van der Waals surface area contributed by atoms with Gasteiger partial charge in [-0.3, -0.25) is 0 Å². The Labute approximate surface area is 218 Å². The minimum atomic E-state index is 0.00934. The molecule has 0 saturated heterocycles. The zero-order valence-corrected chi connectivity index (χ0v) is 23.0. The lowest BCUT2D eigenvalue weighted by Gasteiger charge is -2.28. The number of rotatable bonds is 13. The van der Waals surface area contributed by atoms with Crippen molar-refractivity contribution in [2.24, 2.45) is 17.3 Å². The third-order valence-electron chi connectivity index (χ3n) is 6.70. The van der Waals surface area contributed by atoms with Gasteiger partial charge in [-0.25, -0.2) is 0 Å². The highest BCUT2D eigenvalue weighted by Crippen LogP contribution is 2.37. The molecule has 2 aromatic rings. The van der Waals surface area contributed by atoms with Crippen molar-refractivity contribution in [2.75, 3.05) is 14.2 Å². The quantitative estimate of drug-likeness (QED) is 0.217. The summed E-state index contributed by atoms with van der Waals surface area (Å²) in [7, 11) is 3.12. The van der Waals surface area contributed by atoms with Gasteiger partial charge < -0.3 is 19.7 Å². The van der Waals surface area contributed by atoms with Crippen molar-refractivity contribution in [2.45, 2.75) is 60.3 Å². The third-order valence-corrected chi connectivity index (χ3v) is 6.70. The van der Waals surface area contributed by atoms with E-state index in [1.54, 1.807) is 26.4 Å². The molecule has 4 nitrogen and oxygen atoms in total. The standard InChI is InChI=1S/C32H44O4/c1-8-9-10-19-32(4,5)27(16-12-25-14-18-29(34)31(21-25)36-7)22-26(23(2)3)15-11-24-13-17-28(33)30(20-24)35-6/h11-18,20-23,26,33-34H,8-10,19H2,1-7H3/b15-11+,16-12+,27-22-. The summed E-state index contributed by atoms with van der Waals surface area (Å²) in [4.78, 5) is 0. The molecule has 2 N–H and O–H groups in total. The van der Waals surface area contributed by atoms with Crippen molar-refractivity contribution < 1.29 is 19.7 Å². The number of phenolic OH excluding ortho intramolecular Hbond substituents is 2. The first-order valence-electron chi connectivity index (χ1n) is 12.9. The van der Waals surface area contributed by atoms with Gasteiger partial charge in [-0.2, -0.15) is 0 Å². The van der Waals surface area contributed by atoms with Gasteiger partial charge in [0.2, 0.25) is 0 Å². The molecule has 0 aromatic heterocycles. The van der Waals surface area contributed by atoms with Crippen molar-refractivity contribution in [1.82, 2.24) is 0 Å². The molecule has 0 amide bonds. The van der Waals surface area contributed by atoms with E-state index >= 15 is 0 Å². The molecule has 0 spiro atoms. The van der Waals surface area contributed by atoms with E-state index in [-0.39, 0.29) is 22.8 Å². The number of ether oxygens (including phenoxy) is 2. The predicted molar refractivity (Wildman–Crippen MR) is 152 cm³/mol. The van der Waals surface area contributed by atoms with Crippen LogP contribution in [0.1, 0.15) is 71.4 Å². The maximum Gasteiger partial charge on any atom is 0.161 e. The Bertz CT molecular complexity index is 1060. The van der Waals surface area contributed by atoms with E-state index in [1.807, 2.05) is 24.3 Å². The highest BCUT2D eigenvalue weighted by atomic mass is 16.5. The first kappa shape index (κ1) is 29.1. The second-order valence-electron chi connectivity index (χ2n) is 10.3. The molecule has 2 rings (SSSR count). The van der Waals surface area contributed by atoms with Crippen LogP contribution in [0.4, 0.5) is 0 Å². The number of phenols is 2. The number of allylic oxidation sites excluding steroid dienone is 4. The zero-order chi connectivity index (χ0) is 26.7. The Balaban J connectivity index is 2.44. The average Bonchev–Trinajstić information content (AvgIpc) is 2.84. The van der Waals surface area contributed by atoms with E-state index in [0.717, 1.165) is 17.5 Å². The fraction of sp³-hybridized carbons (Fsp3) is 0.438. The van der Waals surface area contributed by atoms with Gasteiger partial charge >= 0.3 is 0 Å². The van der Waals surface area contributed by atoms with Gasteiger partial charge in [0.05, 0.1) is 14.2 Å². The van der Waals surface area contributed by atoms with Crippen molar-refractivity contribution in [3.05, 3.63) is 71.3 Å². The molecule has 0 radical (unpaired) electrons. The van der Waals surface area contributed by atoms with Crippen LogP contribution in [0.2, 0.25) is 0 Å². The lowest BCUT2D eigenvalue weighted by atomic mass is 9.76. The highest BCUT2D eigenvalue weighted by Gasteiger charge is 2.23. The van der Waals surface area contributed by atoms with Crippen LogP contribution in [0.25, 0.3) is 12.2 Å². The van der Waals surface area contributed by atoms with Crippen LogP contribution >= 0.6 is 0 Å². The Morgan fingerprint density at radius 2 is 1.44 bits per heavy atom. The summed E-state index contributed by atoms with van der Waals surface area (Å²) in [5.74, 6) is 1.85. The molecule has 0 aliphatic carbocycles. The second-order valence-corrected chi connectivity index (χ2v) is 10.3. The molecule has 196 valence electrons. The van der Waals surface area contributed by atoms with E-state index in [4.69, 9.17) is 9.47 Å². The van der Waals surface area contributed by atoms with Crippen LogP contribution in [0.15, 0.2) is 60.2 Å². The molecule has 0 heterocycles. The van der Waals surface area contributed by atoms with Gasteiger partial charge in [0.1, 0.15) is 0 Å². The molecule has 1 unspecified atom stereocenters. The van der Waals surface area contributed by atoms with Crippen molar-refractivity contribution in [3.63, 3.8) is 0 Å². The summed E-state index contributed by atoms with van der Waals surface area (Å²) >= 11 is 0. The SMILES string of the molecule is CCCCCC(C)(C)C(=C\C(/C=C/c1ccc(O)c(OC)c1)C(C)C)/C=C/c1ccc(O)c(OC)c1. The maximum absolute atomic E-state index is 9.95. The lowest BCUT2D eigenvalue weighted by molar-refractivity contribution is 0.373. The van der Waals surface area contributed by atoms with E-state index in [2.05, 4.69) is 65.0 Å². The summed E-state index contributed by atoms with van der Waals surface area (Å²) in [6.45, 7) is 11.3. The number of unbranched alkanes of at least 4 members (excludes halogenated alkanes) is 2. The van der Waals surface area contributed by atoms with Crippen LogP contribution in [-0.2, 0) is 0 Å². The monoisotopic (exact) mass is 492 g/mol. The summed E-state index contributed by atoms with van der Waals surface area (Å²) in [6, 6.07) is 10.8. The van der Waals surface area contributed by atoms with E-state index in [9.17, 15) is 10.2 Å². The summed E-state index contributed by atoms with van der Waals surface area (Å²) in [6.07, 6.45) is 15.8. The van der Waals surface area contributed by atoms with Gasteiger partial charge in [0.15, 0.2) is 23.0 Å².